The van der Waals surface area contributed by atoms with Gasteiger partial charge in [0.2, 0.25) is 0 Å². The molecule has 0 saturated carbocycles. The van der Waals surface area contributed by atoms with Crippen LogP contribution in [0.3, 0.4) is 0 Å². The molecule has 5 rings (SSSR count). The van der Waals surface area contributed by atoms with E-state index in [0.29, 0.717) is 35.7 Å². The molecule has 3 heterocycles. The number of nitrogens with zero attached hydrogens (tertiary/aromatic N) is 6. The number of alkyl halides is 3. The quantitative estimate of drug-likeness (QED) is 0.269. The average Bonchev–Trinajstić information content (AvgIpc) is 3.01. The van der Waals surface area contributed by atoms with E-state index < -0.39 is 17.4 Å². The minimum atomic E-state index is -4.38. The molecule has 1 saturated heterocycles. The molecule has 0 N–H and O–H groups in total. The molecule has 4 aromatic rings. The highest BCUT2D eigenvalue weighted by molar-refractivity contribution is 5.86. The smallest absolute Gasteiger partial charge is 0.416 e. The van der Waals surface area contributed by atoms with Crippen molar-refractivity contribution in [2.24, 2.45) is 0 Å². The van der Waals surface area contributed by atoms with E-state index in [0.717, 1.165) is 29.7 Å². The molecule has 43 heavy (non-hydrogen) atoms. The Morgan fingerprint density at radius 1 is 1.05 bits per heavy atom. The van der Waals surface area contributed by atoms with Gasteiger partial charge < -0.3 is 9.64 Å². The van der Waals surface area contributed by atoms with E-state index in [1.54, 1.807) is 35.9 Å². The molecule has 8 nitrogen and oxygen atoms in total. The largest absolute Gasteiger partial charge is 0.497 e. The molecule has 224 valence electrons. The molecule has 2 aromatic heterocycles. The van der Waals surface area contributed by atoms with Gasteiger partial charge in [-0.2, -0.15) is 23.4 Å². The van der Waals surface area contributed by atoms with E-state index in [9.17, 15) is 23.2 Å². The number of nitriles is 1. The number of pyridine rings is 1. The van der Waals surface area contributed by atoms with Crippen molar-refractivity contribution in [2.75, 3.05) is 25.1 Å². The molecule has 0 amide bonds. The molecule has 1 unspecified atom stereocenters. The number of piperazine rings is 1. The average molecular weight is 591 g/mol. The van der Waals surface area contributed by atoms with Gasteiger partial charge in [0.05, 0.1) is 24.7 Å². The number of fused-ring (bicyclic) bond motifs is 1. The van der Waals surface area contributed by atoms with Gasteiger partial charge >= 0.3 is 11.9 Å². The normalized spacial score (nSPS) is 18.4. The van der Waals surface area contributed by atoms with Crippen LogP contribution in [0, 0.1) is 11.3 Å². The van der Waals surface area contributed by atoms with Crippen LogP contribution in [0.4, 0.5) is 19.0 Å². The van der Waals surface area contributed by atoms with Crippen molar-refractivity contribution in [1.82, 2.24) is 19.4 Å². The summed E-state index contributed by atoms with van der Waals surface area (Å²) in [7, 11) is 1.59. The fourth-order valence-corrected chi connectivity index (χ4v) is 5.81. The van der Waals surface area contributed by atoms with Gasteiger partial charge in [-0.25, -0.2) is 9.78 Å². The second kappa shape index (κ2) is 12.1. The summed E-state index contributed by atoms with van der Waals surface area (Å²) in [6.45, 7) is 7.49. The van der Waals surface area contributed by atoms with Crippen molar-refractivity contribution in [1.29, 1.82) is 5.26 Å². The zero-order valence-electron chi connectivity index (χ0n) is 24.5. The number of rotatable bonds is 7. The van der Waals surface area contributed by atoms with Crippen LogP contribution in [0.25, 0.3) is 11.0 Å². The van der Waals surface area contributed by atoms with E-state index in [1.165, 1.54) is 0 Å². The molecular weight excluding hydrogens is 557 g/mol. The first-order valence-electron chi connectivity index (χ1n) is 14.2. The maximum atomic E-state index is 13.5. The second-order valence-corrected chi connectivity index (χ2v) is 10.9. The molecule has 2 aromatic carbocycles. The molecule has 0 bridgehead atoms. The maximum absolute atomic E-state index is 13.5. The number of anilines is 1. The summed E-state index contributed by atoms with van der Waals surface area (Å²) in [6, 6.07) is 18.0. The second-order valence-electron chi connectivity index (χ2n) is 10.9. The van der Waals surface area contributed by atoms with Crippen LogP contribution < -0.4 is 15.3 Å². The first-order chi connectivity index (χ1) is 20.5. The van der Waals surface area contributed by atoms with Gasteiger partial charge in [-0.15, -0.1) is 0 Å². The van der Waals surface area contributed by atoms with Gasteiger partial charge in [-0.3, -0.25) is 9.47 Å². The molecule has 1 aliphatic heterocycles. The van der Waals surface area contributed by atoms with Gasteiger partial charge in [0.25, 0.3) is 0 Å². The Hall–Kier alpha value is -4.43. The minimum Gasteiger partial charge on any atom is -0.497 e. The summed E-state index contributed by atoms with van der Waals surface area (Å²) < 4.78 is 46.2. The number of halogens is 3. The highest BCUT2D eigenvalue weighted by Crippen LogP contribution is 2.34. The summed E-state index contributed by atoms with van der Waals surface area (Å²) in [5.74, 6) is 1.14. The van der Waals surface area contributed by atoms with Gasteiger partial charge in [0.1, 0.15) is 23.0 Å². The molecule has 1 fully saturated rings. The lowest BCUT2D eigenvalue weighted by Gasteiger charge is -2.48. The van der Waals surface area contributed by atoms with Crippen molar-refractivity contribution < 1.29 is 17.9 Å². The van der Waals surface area contributed by atoms with Crippen LogP contribution in [-0.2, 0) is 12.7 Å². The predicted molar refractivity (Wildman–Crippen MR) is 158 cm³/mol. The molecule has 11 heteroatoms. The highest BCUT2D eigenvalue weighted by atomic mass is 19.4. The molecule has 0 aliphatic carbocycles. The van der Waals surface area contributed by atoms with Crippen LogP contribution in [0.5, 0.6) is 5.75 Å². The van der Waals surface area contributed by atoms with E-state index in [1.807, 2.05) is 38.1 Å². The Balaban J connectivity index is 1.48. The Labute approximate surface area is 248 Å². The molecule has 1 aliphatic rings. The summed E-state index contributed by atoms with van der Waals surface area (Å²) in [5.41, 5.74) is 1.86. The van der Waals surface area contributed by atoms with Gasteiger partial charge in [0, 0.05) is 31.2 Å². The van der Waals surface area contributed by atoms with Crippen molar-refractivity contribution in [3.63, 3.8) is 0 Å². The number of ether oxygens (including phenoxy) is 1. The van der Waals surface area contributed by atoms with E-state index >= 15 is 0 Å². The van der Waals surface area contributed by atoms with Crippen LogP contribution >= 0.6 is 0 Å². The van der Waals surface area contributed by atoms with Gasteiger partial charge in [-0.05, 0) is 67.8 Å². The molecule has 0 spiro atoms. The predicted octanol–water partition coefficient (Wildman–Crippen LogP) is 5.79. The van der Waals surface area contributed by atoms with Crippen molar-refractivity contribution in [3.8, 4) is 11.8 Å². The third-order valence-electron chi connectivity index (χ3n) is 8.27. The van der Waals surface area contributed by atoms with Crippen molar-refractivity contribution >= 4 is 16.9 Å². The van der Waals surface area contributed by atoms with Gasteiger partial charge in [-0.1, -0.05) is 31.2 Å². The highest BCUT2D eigenvalue weighted by Gasteiger charge is 2.36. The zero-order valence-corrected chi connectivity index (χ0v) is 24.5. The standard InChI is InChI=1S/C32H33F3N6O2/c1-5-26-19-39(20(2)17-40(26)21(3)23-8-10-24(11-9-23)32(33,34)35)30-29-28(15-12-25(16-36)37-29)41(31(42)38-30)18-22-6-13-27(43-4)14-7-22/h6-15,20-21,26H,5,17-19H2,1-4H3/t20-,21?,26+/m0/s1. The number of methoxy groups -OCH3 is 1. The van der Waals surface area contributed by atoms with Crippen molar-refractivity contribution in [3.05, 3.63) is 93.5 Å². The van der Waals surface area contributed by atoms with Crippen LogP contribution in [0.15, 0.2) is 65.5 Å². The Kier molecular flexibility index (Phi) is 8.42. The molecule has 3 atom stereocenters. The van der Waals surface area contributed by atoms with Crippen molar-refractivity contribution in [2.45, 2.75) is 58.0 Å². The van der Waals surface area contributed by atoms with Gasteiger partial charge in [0.15, 0.2) is 5.82 Å². The fraction of sp³-hybridized carbons (Fsp3) is 0.375. The summed E-state index contributed by atoms with van der Waals surface area (Å²) in [5, 5.41) is 9.61. The summed E-state index contributed by atoms with van der Waals surface area (Å²) in [6.07, 6.45) is -3.61. The van der Waals surface area contributed by atoms with Crippen LogP contribution in [0.2, 0.25) is 0 Å². The third-order valence-corrected chi connectivity index (χ3v) is 8.27. The minimum absolute atomic E-state index is 0.0335. The maximum Gasteiger partial charge on any atom is 0.416 e. The Bertz CT molecular complexity index is 1700. The number of benzene rings is 2. The Morgan fingerprint density at radius 2 is 1.74 bits per heavy atom. The number of hydrogen-bond acceptors (Lipinski definition) is 7. The molecular formula is C32H33F3N6O2. The lowest BCUT2D eigenvalue weighted by molar-refractivity contribution is -0.137. The number of aromatic nitrogens is 3. The van der Waals surface area contributed by atoms with E-state index in [4.69, 9.17) is 4.74 Å². The third kappa shape index (κ3) is 6.06. The first-order valence-corrected chi connectivity index (χ1v) is 14.2. The van der Waals surface area contributed by atoms with Crippen LogP contribution in [-0.4, -0.2) is 51.7 Å². The number of hydrogen-bond donors (Lipinski definition) is 0. The monoisotopic (exact) mass is 590 g/mol. The van der Waals surface area contributed by atoms with E-state index in [-0.39, 0.29) is 30.4 Å². The zero-order chi connectivity index (χ0) is 30.9. The first kappa shape index (κ1) is 30.0. The topological polar surface area (TPSA) is 87.3 Å². The molecule has 0 radical (unpaired) electrons. The van der Waals surface area contributed by atoms with E-state index in [2.05, 4.69) is 32.8 Å². The summed E-state index contributed by atoms with van der Waals surface area (Å²) in [4.78, 5) is 27.0. The summed E-state index contributed by atoms with van der Waals surface area (Å²) >= 11 is 0. The lowest BCUT2D eigenvalue weighted by Crippen LogP contribution is -2.58. The SMILES string of the molecule is CC[C@@H]1CN(c2nc(=O)n(Cc3ccc(OC)cc3)c3ccc(C#N)nc23)[C@@H](C)CN1C(C)c1ccc(C(F)(F)F)cc1. The lowest BCUT2D eigenvalue weighted by atomic mass is 9.98. The fourth-order valence-electron chi connectivity index (χ4n) is 5.81. The Morgan fingerprint density at radius 3 is 2.35 bits per heavy atom. The van der Waals surface area contributed by atoms with Crippen LogP contribution in [0.1, 0.15) is 55.6 Å².